The first kappa shape index (κ1) is 18.1. The van der Waals surface area contributed by atoms with Crippen molar-refractivity contribution in [2.24, 2.45) is 0 Å². The van der Waals surface area contributed by atoms with E-state index in [2.05, 4.69) is 0 Å². The van der Waals surface area contributed by atoms with Crippen LogP contribution < -0.4 is 0 Å². The van der Waals surface area contributed by atoms with Gasteiger partial charge in [0.25, 0.3) is 0 Å². The number of rotatable bonds is 6. The first-order valence-corrected chi connectivity index (χ1v) is 7.78. The van der Waals surface area contributed by atoms with Gasteiger partial charge in [0.1, 0.15) is 0 Å². The molecule has 21 heavy (non-hydrogen) atoms. The minimum absolute atomic E-state index is 0.111. The molecule has 3 nitrogen and oxygen atoms in total. The van der Waals surface area contributed by atoms with Crippen LogP contribution in [-0.4, -0.2) is 12.3 Å². The normalized spacial score (nSPS) is 14.5. The fourth-order valence-corrected chi connectivity index (χ4v) is 2.82. The van der Waals surface area contributed by atoms with Crippen LogP contribution in [0.4, 0.5) is 22.0 Å². The fourth-order valence-electron chi connectivity index (χ4n) is 1.46. The summed E-state index contributed by atoms with van der Waals surface area (Å²) < 4.78 is 87.5. The molecule has 0 saturated heterocycles. The third-order valence-corrected chi connectivity index (χ3v) is 4.50. The lowest BCUT2D eigenvalue weighted by molar-refractivity contribution is 0.160. The lowest BCUT2D eigenvalue weighted by atomic mass is 10.2. The van der Waals surface area contributed by atoms with Crippen molar-refractivity contribution < 1.29 is 35.6 Å². The maximum Gasteiger partial charge on any atom is 0.330 e. The number of benzene rings is 1. The molecule has 0 radical (unpaired) electrons. The summed E-state index contributed by atoms with van der Waals surface area (Å²) in [4.78, 5) is 0. The number of hydrogen-bond acceptors (Lipinski definition) is 3. The van der Waals surface area contributed by atoms with Gasteiger partial charge >= 0.3 is 7.60 Å². The van der Waals surface area contributed by atoms with Crippen molar-refractivity contribution in [3.8, 4) is 0 Å². The fraction of sp³-hybridized carbons (Fsp3) is 0.500. The van der Waals surface area contributed by atoms with Crippen molar-refractivity contribution in [1.29, 1.82) is 0 Å². The number of halogens is 5. The van der Waals surface area contributed by atoms with Crippen molar-refractivity contribution in [1.82, 2.24) is 0 Å². The molecule has 0 amide bonds. The molecule has 1 aromatic rings. The molecule has 1 atom stereocenters. The van der Waals surface area contributed by atoms with Gasteiger partial charge in [0.15, 0.2) is 23.3 Å². The van der Waals surface area contributed by atoms with Gasteiger partial charge in [-0.2, -0.15) is 0 Å². The molecule has 0 heterocycles. The summed E-state index contributed by atoms with van der Waals surface area (Å²) in [6.07, 6.45) is -0.604. The van der Waals surface area contributed by atoms with E-state index in [0.717, 1.165) is 0 Å². The van der Waals surface area contributed by atoms with E-state index >= 15 is 0 Å². The predicted octanol–water partition coefficient (Wildman–Crippen LogP) is 4.54. The molecular weight excluding hydrogens is 318 g/mol. The highest BCUT2D eigenvalue weighted by Gasteiger charge is 2.29. The van der Waals surface area contributed by atoms with Crippen LogP contribution in [0.1, 0.15) is 26.3 Å². The molecule has 0 bridgehead atoms. The van der Waals surface area contributed by atoms with Gasteiger partial charge < -0.3 is 9.05 Å². The van der Waals surface area contributed by atoms with Crippen LogP contribution in [-0.2, 0) is 20.2 Å². The third kappa shape index (κ3) is 4.02. The molecule has 0 fully saturated rings. The van der Waals surface area contributed by atoms with Crippen LogP contribution in [0.3, 0.4) is 0 Å². The van der Waals surface area contributed by atoms with Crippen LogP contribution in [0.15, 0.2) is 0 Å². The van der Waals surface area contributed by atoms with Gasteiger partial charge in [-0.15, -0.1) is 0 Å². The Hall–Kier alpha value is -0.980. The van der Waals surface area contributed by atoms with E-state index in [4.69, 9.17) is 9.05 Å². The summed E-state index contributed by atoms with van der Waals surface area (Å²) in [6, 6.07) is 0. The Kier molecular flexibility index (Phi) is 5.90. The average molecular weight is 332 g/mol. The topological polar surface area (TPSA) is 35.5 Å². The molecule has 0 aromatic heterocycles. The standard InChI is InChI=1S/C12H14F5O3P/c1-4-21(18,20-6(2)3)19-5-7-8(13)10(15)12(17)11(16)9(7)14/h6H,4-5H2,1-3H3. The Balaban J connectivity index is 3.07. The quantitative estimate of drug-likeness (QED) is 0.332. The van der Waals surface area contributed by atoms with E-state index in [1.807, 2.05) is 0 Å². The Morgan fingerprint density at radius 3 is 1.76 bits per heavy atom. The Labute approximate surface area is 118 Å². The highest BCUT2D eigenvalue weighted by Crippen LogP contribution is 2.49. The van der Waals surface area contributed by atoms with Crippen molar-refractivity contribution in [2.75, 3.05) is 6.16 Å². The molecule has 0 spiro atoms. The van der Waals surface area contributed by atoms with E-state index in [1.54, 1.807) is 13.8 Å². The molecule has 0 aliphatic heterocycles. The van der Waals surface area contributed by atoms with E-state index in [9.17, 15) is 26.5 Å². The van der Waals surface area contributed by atoms with Gasteiger partial charge in [0, 0.05) is 6.16 Å². The molecule has 0 N–H and O–H groups in total. The molecule has 0 aliphatic carbocycles. The molecular formula is C12H14F5O3P. The maximum atomic E-state index is 13.4. The average Bonchev–Trinajstić information content (AvgIpc) is 2.42. The SMILES string of the molecule is CCP(=O)(OCc1c(F)c(F)c(F)c(F)c1F)OC(C)C. The molecule has 120 valence electrons. The second-order valence-corrected chi connectivity index (χ2v) is 6.73. The minimum Gasteiger partial charge on any atom is -0.306 e. The van der Waals surface area contributed by atoms with Crippen LogP contribution >= 0.6 is 7.60 Å². The van der Waals surface area contributed by atoms with Gasteiger partial charge in [-0.3, -0.25) is 4.57 Å². The van der Waals surface area contributed by atoms with Gasteiger partial charge in [0.2, 0.25) is 5.82 Å². The van der Waals surface area contributed by atoms with E-state index in [-0.39, 0.29) is 6.16 Å². The maximum absolute atomic E-state index is 13.4. The van der Waals surface area contributed by atoms with Crippen LogP contribution in [0.2, 0.25) is 0 Å². The lowest BCUT2D eigenvalue weighted by Crippen LogP contribution is -2.10. The smallest absolute Gasteiger partial charge is 0.306 e. The van der Waals surface area contributed by atoms with Gasteiger partial charge in [0.05, 0.1) is 18.3 Å². The Bertz CT molecular complexity index is 547. The first-order chi connectivity index (χ1) is 9.63. The molecule has 0 saturated carbocycles. The second kappa shape index (κ2) is 6.85. The van der Waals surface area contributed by atoms with E-state index < -0.39 is 55.0 Å². The number of hydrogen-bond donors (Lipinski definition) is 0. The van der Waals surface area contributed by atoms with E-state index in [0.29, 0.717) is 0 Å². The highest BCUT2D eigenvalue weighted by atomic mass is 31.2. The van der Waals surface area contributed by atoms with Gasteiger partial charge in [-0.1, -0.05) is 6.92 Å². The van der Waals surface area contributed by atoms with Crippen LogP contribution in [0, 0.1) is 29.1 Å². The summed E-state index contributed by atoms with van der Waals surface area (Å²) >= 11 is 0. The van der Waals surface area contributed by atoms with Crippen molar-refractivity contribution in [2.45, 2.75) is 33.5 Å². The summed E-state index contributed by atoms with van der Waals surface area (Å²) in [5.74, 6) is -10.4. The lowest BCUT2D eigenvalue weighted by Gasteiger charge is -2.19. The van der Waals surface area contributed by atoms with Crippen molar-refractivity contribution >= 4 is 7.60 Å². The zero-order chi connectivity index (χ0) is 16.4. The van der Waals surface area contributed by atoms with Crippen molar-refractivity contribution in [3.63, 3.8) is 0 Å². The summed E-state index contributed by atoms with van der Waals surface area (Å²) in [5, 5.41) is 0. The van der Waals surface area contributed by atoms with Gasteiger partial charge in [-0.05, 0) is 13.8 Å². The molecule has 1 aromatic carbocycles. The van der Waals surface area contributed by atoms with Crippen molar-refractivity contribution in [3.05, 3.63) is 34.6 Å². The monoisotopic (exact) mass is 332 g/mol. The predicted molar refractivity (Wildman–Crippen MR) is 65.4 cm³/mol. The molecule has 1 unspecified atom stereocenters. The molecule has 0 aliphatic rings. The third-order valence-electron chi connectivity index (χ3n) is 2.47. The largest absolute Gasteiger partial charge is 0.330 e. The van der Waals surface area contributed by atoms with E-state index in [1.165, 1.54) is 6.92 Å². The molecule has 9 heteroatoms. The first-order valence-electron chi connectivity index (χ1n) is 6.05. The summed E-state index contributed by atoms with van der Waals surface area (Å²) in [5.41, 5.74) is -1.19. The Morgan fingerprint density at radius 2 is 1.38 bits per heavy atom. The highest BCUT2D eigenvalue weighted by molar-refractivity contribution is 7.53. The zero-order valence-electron chi connectivity index (χ0n) is 11.6. The van der Waals surface area contributed by atoms with Gasteiger partial charge in [-0.25, -0.2) is 22.0 Å². The van der Waals surface area contributed by atoms with Crippen LogP contribution in [0.25, 0.3) is 0 Å². The van der Waals surface area contributed by atoms with Crippen LogP contribution in [0.5, 0.6) is 0 Å². The summed E-state index contributed by atoms with van der Waals surface area (Å²) in [7, 11) is -3.68. The second-order valence-electron chi connectivity index (χ2n) is 4.40. The minimum atomic E-state index is -3.68. The Morgan fingerprint density at radius 1 is 0.952 bits per heavy atom. The summed E-state index contributed by atoms with van der Waals surface area (Å²) in [6.45, 7) is 3.51. The zero-order valence-corrected chi connectivity index (χ0v) is 12.4. The molecule has 1 rings (SSSR count).